The third kappa shape index (κ3) is 4.43. The first-order valence-electron chi connectivity index (χ1n) is 18.0. The zero-order valence-electron chi connectivity index (χ0n) is 28.7. The van der Waals surface area contributed by atoms with Crippen molar-refractivity contribution in [2.24, 2.45) is 0 Å². The first-order valence-corrected chi connectivity index (χ1v) is 18.0. The minimum absolute atomic E-state index is 0.526. The van der Waals surface area contributed by atoms with Gasteiger partial charge >= 0.3 is 0 Å². The third-order valence-corrected chi connectivity index (χ3v) is 10.9. The number of para-hydroxylation sites is 3. The van der Waals surface area contributed by atoms with Crippen molar-refractivity contribution in [3.63, 3.8) is 0 Å². The fraction of sp³-hybridized carbons (Fsp3) is 0.0196. The second-order valence-electron chi connectivity index (χ2n) is 13.6. The summed E-state index contributed by atoms with van der Waals surface area (Å²) in [5.74, 6) is 0. The Balaban J connectivity index is 1.36. The molecule has 0 unspecified atom stereocenters. The highest BCUT2D eigenvalue weighted by Gasteiger charge is 2.52. The molecule has 8 aromatic carbocycles. The lowest BCUT2D eigenvalue weighted by molar-refractivity contribution is 0.752. The zero-order valence-corrected chi connectivity index (χ0v) is 28.7. The van der Waals surface area contributed by atoms with Gasteiger partial charge in [-0.05, 0) is 91.0 Å². The van der Waals surface area contributed by atoms with Gasteiger partial charge < -0.3 is 4.90 Å². The molecule has 0 aromatic heterocycles. The smallest absolute Gasteiger partial charge is 0.0754 e. The van der Waals surface area contributed by atoms with Crippen LogP contribution in [0.4, 0.5) is 17.1 Å². The molecule has 8 aromatic rings. The van der Waals surface area contributed by atoms with Crippen LogP contribution in [0.1, 0.15) is 44.5 Å². The summed E-state index contributed by atoms with van der Waals surface area (Å²) in [7, 11) is 0. The maximum atomic E-state index is 2.44. The Morgan fingerprint density at radius 1 is 0.327 bits per heavy atom. The van der Waals surface area contributed by atoms with Crippen molar-refractivity contribution in [3.05, 3.63) is 257 Å². The molecular formula is C51H35N. The Kier molecular flexibility index (Phi) is 7.11. The molecule has 1 heteroatoms. The van der Waals surface area contributed by atoms with Crippen LogP contribution in [0.5, 0.6) is 0 Å². The molecule has 0 fully saturated rings. The number of rotatable bonds is 5. The van der Waals surface area contributed by atoms with Crippen molar-refractivity contribution in [2.45, 2.75) is 5.41 Å². The van der Waals surface area contributed by atoms with Crippen LogP contribution < -0.4 is 4.90 Å². The summed E-state index contributed by atoms with van der Waals surface area (Å²) in [6.07, 6.45) is 0. The summed E-state index contributed by atoms with van der Waals surface area (Å²) in [6, 6.07) is 77.7. The van der Waals surface area contributed by atoms with Gasteiger partial charge in [0.05, 0.1) is 16.8 Å². The van der Waals surface area contributed by atoms with Crippen LogP contribution in [0, 0.1) is 0 Å². The van der Waals surface area contributed by atoms with E-state index in [0.29, 0.717) is 0 Å². The Bertz CT molecular complexity index is 2510. The number of hydrogen-bond donors (Lipinski definition) is 0. The maximum absolute atomic E-state index is 2.44. The topological polar surface area (TPSA) is 3.24 Å². The highest BCUT2D eigenvalue weighted by Crippen LogP contribution is 2.64. The Morgan fingerprint density at radius 2 is 0.750 bits per heavy atom. The predicted molar refractivity (Wildman–Crippen MR) is 216 cm³/mol. The maximum Gasteiger partial charge on any atom is 0.0754 e. The Hall–Kier alpha value is -6.70. The third-order valence-electron chi connectivity index (χ3n) is 10.9. The molecule has 0 saturated heterocycles. The average molecular weight is 662 g/mol. The average Bonchev–Trinajstić information content (AvgIpc) is 3.52. The van der Waals surface area contributed by atoms with Crippen molar-refractivity contribution in [1.82, 2.24) is 0 Å². The van der Waals surface area contributed by atoms with E-state index in [2.05, 4.69) is 217 Å². The molecular weight excluding hydrogens is 627 g/mol. The fourth-order valence-electron chi connectivity index (χ4n) is 8.92. The van der Waals surface area contributed by atoms with Crippen molar-refractivity contribution in [3.8, 4) is 11.1 Å². The highest BCUT2D eigenvalue weighted by atomic mass is 15.2. The molecule has 0 atom stereocenters. The van der Waals surface area contributed by atoms with Crippen LogP contribution in [0.3, 0.4) is 0 Å². The van der Waals surface area contributed by atoms with E-state index in [1.54, 1.807) is 0 Å². The van der Waals surface area contributed by atoms with E-state index in [-0.39, 0.29) is 0 Å². The number of benzene rings is 8. The quantitative estimate of drug-likeness (QED) is 0.166. The molecule has 2 aliphatic rings. The lowest BCUT2D eigenvalue weighted by Crippen LogP contribution is -2.36. The van der Waals surface area contributed by atoms with Gasteiger partial charge in [0.25, 0.3) is 0 Å². The lowest BCUT2D eigenvalue weighted by atomic mass is 9.64. The largest absolute Gasteiger partial charge is 0.310 e. The SMILES string of the molecule is c1ccc(C(=C(c2ccccc2)c2cccc3c2-c2ccccc2C32c3ccccc3N(c3ccccc3)c3ccccc32)c2ccccc2)cc1. The Labute approximate surface area is 305 Å². The van der Waals surface area contributed by atoms with Crippen LogP contribution in [-0.2, 0) is 5.41 Å². The molecule has 1 heterocycles. The van der Waals surface area contributed by atoms with E-state index >= 15 is 0 Å². The molecule has 1 aliphatic carbocycles. The van der Waals surface area contributed by atoms with Crippen LogP contribution in [0.15, 0.2) is 212 Å². The standard InChI is InChI=1S/C51H35N/c1-5-20-36(21-6-1)48(37-22-7-2-8-23-37)49(38-24-9-3-10-25-38)41-29-19-33-45-50(41)40-28-13-14-30-42(40)51(45)43-31-15-17-34-46(43)52(39-26-11-4-12-27-39)47-35-18-16-32-44(47)51/h1-35H. The number of nitrogens with zero attached hydrogens (tertiary/aromatic N) is 1. The first-order chi connectivity index (χ1) is 25.9. The van der Waals surface area contributed by atoms with Crippen LogP contribution >= 0.6 is 0 Å². The van der Waals surface area contributed by atoms with E-state index in [9.17, 15) is 0 Å². The normalized spacial score (nSPS) is 13.1. The van der Waals surface area contributed by atoms with Crippen LogP contribution in [-0.4, -0.2) is 0 Å². The van der Waals surface area contributed by atoms with Gasteiger partial charge in [-0.3, -0.25) is 0 Å². The second kappa shape index (κ2) is 12.3. The lowest BCUT2D eigenvalue weighted by Gasteiger charge is -2.45. The molecule has 0 N–H and O–H groups in total. The molecule has 1 spiro atoms. The van der Waals surface area contributed by atoms with E-state index in [4.69, 9.17) is 0 Å². The fourth-order valence-corrected chi connectivity index (χ4v) is 8.92. The molecule has 52 heavy (non-hydrogen) atoms. The predicted octanol–water partition coefficient (Wildman–Crippen LogP) is 12.8. The molecule has 0 amide bonds. The molecule has 1 aliphatic heterocycles. The highest BCUT2D eigenvalue weighted by molar-refractivity contribution is 6.09. The summed E-state index contributed by atoms with van der Waals surface area (Å²) in [5, 5.41) is 0. The van der Waals surface area contributed by atoms with E-state index < -0.39 is 5.41 Å². The summed E-state index contributed by atoms with van der Waals surface area (Å²) in [5.41, 5.74) is 18.1. The van der Waals surface area contributed by atoms with Crippen molar-refractivity contribution >= 4 is 28.2 Å². The van der Waals surface area contributed by atoms with Gasteiger partial charge in [0.2, 0.25) is 0 Å². The second-order valence-corrected chi connectivity index (χ2v) is 13.6. The summed E-state index contributed by atoms with van der Waals surface area (Å²) in [4.78, 5) is 2.44. The van der Waals surface area contributed by atoms with E-state index in [1.165, 1.54) is 78.2 Å². The van der Waals surface area contributed by atoms with Crippen molar-refractivity contribution in [1.29, 1.82) is 0 Å². The van der Waals surface area contributed by atoms with Gasteiger partial charge in [-0.25, -0.2) is 0 Å². The monoisotopic (exact) mass is 661 g/mol. The number of fused-ring (bicyclic) bond motifs is 9. The van der Waals surface area contributed by atoms with Crippen LogP contribution in [0.2, 0.25) is 0 Å². The summed E-state index contributed by atoms with van der Waals surface area (Å²) >= 11 is 0. The van der Waals surface area contributed by atoms with E-state index in [1.807, 2.05) is 0 Å². The van der Waals surface area contributed by atoms with Crippen LogP contribution in [0.25, 0.3) is 22.3 Å². The molecule has 0 saturated carbocycles. The first kappa shape index (κ1) is 30.2. The number of anilines is 3. The Morgan fingerprint density at radius 3 is 1.31 bits per heavy atom. The minimum Gasteiger partial charge on any atom is -0.310 e. The van der Waals surface area contributed by atoms with Gasteiger partial charge in [0, 0.05) is 5.69 Å². The van der Waals surface area contributed by atoms with Gasteiger partial charge in [0.15, 0.2) is 0 Å². The number of hydrogen-bond acceptors (Lipinski definition) is 1. The summed E-state index contributed by atoms with van der Waals surface area (Å²) in [6.45, 7) is 0. The summed E-state index contributed by atoms with van der Waals surface area (Å²) < 4.78 is 0. The molecule has 0 bridgehead atoms. The minimum atomic E-state index is -0.526. The molecule has 10 rings (SSSR count). The molecule has 244 valence electrons. The van der Waals surface area contributed by atoms with E-state index in [0.717, 1.165) is 5.69 Å². The van der Waals surface area contributed by atoms with Gasteiger partial charge in [0.1, 0.15) is 0 Å². The molecule has 0 radical (unpaired) electrons. The van der Waals surface area contributed by atoms with Crippen molar-refractivity contribution in [2.75, 3.05) is 4.90 Å². The molecule has 1 nitrogen and oxygen atoms in total. The van der Waals surface area contributed by atoms with Gasteiger partial charge in [-0.15, -0.1) is 0 Å². The zero-order chi connectivity index (χ0) is 34.5. The van der Waals surface area contributed by atoms with Gasteiger partial charge in [-0.2, -0.15) is 0 Å². The van der Waals surface area contributed by atoms with Gasteiger partial charge in [-0.1, -0.05) is 188 Å². The van der Waals surface area contributed by atoms with Crippen molar-refractivity contribution < 1.29 is 0 Å².